The van der Waals surface area contributed by atoms with Crippen molar-refractivity contribution < 1.29 is 78.9 Å². The minimum Gasteiger partial charge on any atom is -0.550 e. The van der Waals surface area contributed by atoms with E-state index in [0.717, 1.165) is 0 Å². The Bertz CT molecular complexity index is 148. The summed E-state index contributed by atoms with van der Waals surface area (Å²) >= 11 is 0. The van der Waals surface area contributed by atoms with Gasteiger partial charge in [-0.2, -0.15) is 0 Å². The summed E-state index contributed by atoms with van der Waals surface area (Å²) < 4.78 is 0. The molecule has 6 heteroatoms. The van der Waals surface area contributed by atoms with Gasteiger partial charge >= 0.3 is 59.1 Å². The van der Waals surface area contributed by atoms with Gasteiger partial charge in [0.05, 0.1) is 0 Å². The summed E-state index contributed by atoms with van der Waals surface area (Å²) in [6.45, 7) is 1.40. The van der Waals surface area contributed by atoms with Crippen LogP contribution < -0.4 is 69.3 Å². The smallest absolute Gasteiger partial charge is 0.550 e. The van der Waals surface area contributed by atoms with E-state index in [9.17, 15) is 19.8 Å². The quantitative estimate of drug-likeness (QED) is 0.412. The molecule has 1 atom stereocenters. The Morgan fingerprint density at radius 1 is 1.25 bits per heavy atom. The molecule has 0 spiro atoms. The largest absolute Gasteiger partial charge is 1.00 e. The van der Waals surface area contributed by atoms with Crippen molar-refractivity contribution in [3.63, 3.8) is 0 Å². The van der Waals surface area contributed by atoms with E-state index in [1.165, 1.54) is 6.92 Å². The molecule has 12 heavy (non-hydrogen) atoms. The number of rotatable bonds is 4. The third-order valence-corrected chi connectivity index (χ3v) is 1.18. The Hall–Kier alpha value is 0.940. The molecule has 0 N–H and O–H groups in total. The number of hydrogen-bond acceptors (Lipinski definition) is 4. The topological polar surface area (TPSA) is 80.3 Å². The molecular formula is C6H8Na2O4. The second-order valence-corrected chi connectivity index (χ2v) is 2.13. The number of carbonyl (C=O) groups excluding carboxylic acids is 2. The molecule has 0 aliphatic carbocycles. The van der Waals surface area contributed by atoms with Crippen LogP contribution in [0.2, 0.25) is 0 Å². The van der Waals surface area contributed by atoms with Gasteiger partial charge in [0.2, 0.25) is 0 Å². The Labute approximate surface area is 115 Å². The fourth-order valence-electron chi connectivity index (χ4n) is 0.452. The molecule has 0 aromatic rings. The third kappa shape index (κ3) is 10.9. The zero-order chi connectivity index (χ0) is 8.15. The second kappa shape index (κ2) is 10.0. The first-order valence-corrected chi connectivity index (χ1v) is 2.94. The molecule has 0 aliphatic heterocycles. The fraction of sp³-hybridized carbons (Fsp3) is 0.667. The van der Waals surface area contributed by atoms with E-state index < -0.39 is 17.9 Å². The molecule has 0 rings (SSSR count). The molecule has 0 fully saturated rings. The molecular weight excluding hydrogens is 182 g/mol. The maximum absolute atomic E-state index is 9.99. The summed E-state index contributed by atoms with van der Waals surface area (Å²) in [4.78, 5) is 19.8. The summed E-state index contributed by atoms with van der Waals surface area (Å²) in [5.41, 5.74) is 0. The van der Waals surface area contributed by atoms with Gasteiger partial charge in [-0.1, -0.05) is 6.92 Å². The van der Waals surface area contributed by atoms with Crippen LogP contribution in [-0.2, 0) is 9.59 Å². The minimum atomic E-state index is -1.23. The standard InChI is InChI=1S/C6H10O4.2Na/c1-4(6(9)10)2-3-5(7)8;;/h4H,2-3H2,1H3,(H,7,8)(H,9,10);;/q;2*+1/p-2/t4-;;/m1../s1. The van der Waals surface area contributed by atoms with Gasteiger partial charge in [0.15, 0.2) is 0 Å². The van der Waals surface area contributed by atoms with Crippen molar-refractivity contribution in [2.75, 3.05) is 0 Å². The first-order chi connectivity index (χ1) is 4.54. The van der Waals surface area contributed by atoms with Crippen molar-refractivity contribution >= 4 is 11.9 Å². The van der Waals surface area contributed by atoms with Crippen LogP contribution in [0.1, 0.15) is 19.8 Å². The summed E-state index contributed by atoms with van der Waals surface area (Å²) in [6, 6.07) is 0. The van der Waals surface area contributed by atoms with Gasteiger partial charge in [-0.05, 0) is 18.8 Å². The Balaban J connectivity index is -0.000000405. The predicted octanol–water partition coefficient (Wildman–Crippen LogP) is -8.09. The molecule has 0 amide bonds. The molecule has 0 aliphatic rings. The summed E-state index contributed by atoms with van der Waals surface area (Å²) in [6.07, 6.45) is -0.153. The average molecular weight is 190 g/mol. The molecule has 0 heterocycles. The summed E-state index contributed by atoms with van der Waals surface area (Å²) in [5, 5.41) is 19.8. The van der Waals surface area contributed by atoms with Gasteiger partial charge in [-0.15, -0.1) is 0 Å². The molecule has 0 saturated heterocycles. The molecule has 0 saturated carbocycles. The van der Waals surface area contributed by atoms with Crippen LogP contribution in [0, 0.1) is 5.92 Å². The van der Waals surface area contributed by atoms with Crippen molar-refractivity contribution in [1.29, 1.82) is 0 Å². The van der Waals surface area contributed by atoms with Crippen molar-refractivity contribution in [3.8, 4) is 0 Å². The molecule has 58 valence electrons. The number of carboxylic acids is 2. The van der Waals surface area contributed by atoms with Gasteiger partial charge < -0.3 is 19.8 Å². The maximum Gasteiger partial charge on any atom is 1.00 e. The minimum absolute atomic E-state index is 0. The van der Waals surface area contributed by atoms with Gasteiger partial charge in [-0.3, -0.25) is 0 Å². The SMILES string of the molecule is C[C@H](CCC(=O)[O-])C(=O)[O-].[Na+].[Na+]. The second-order valence-electron chi connectivity index (χ2n) is 2.13. The molecule has 0 aromatic carbocycles. The van der Waals surface area contributed by atoms with Crippen LogP contribution in [-0.4, -0.2) is 11.9 Å². The van der Waals surface area contributed by atoms with Crippen LogP contribution in [0.3, 0.4) is 0 Å². The van der Waals surface area contributed by atoms with E-state index in [2.05, 4.69) is 0 Å². The maximum atomic E-state index is 9.99. The van der Waals surface area contributed by atoms with Crippen molar-refractivity contribution in [2.24, 2.45) is 5.92 Å². The summed E-state index contributed by atoms with van der Waals surface area (Å²) in [7, 11) is 0. The van der Waals surface area contributed by atoms with E-state index >= 15 is 0 Å². The average Bonchev–Trinajstić information content (AvgIpc) is 1.82. The molecule has 0 radical (unpaired) electrons. The van der Waals surface area contributed by atoms with Gasteiger partial charge in [0.25, 0.3) is 0 Å². The van der Waals surface area contributed by atoms with Crippen molar-refractivity contribution in [2.45, 2.75) is 19.8 Å². The number of aliphatic carboxylic acids is 2. The Morgan fingerprint density at radius 3 is 1.92 bits per heavy atom. The van der Waals surface area contributed by atoms with Crippen LogP contribution >= 0.6 is 0 Å². The molecule has 0 aromatic heterocycles. The van der Waals surface area contributed by atoms with Gasteiger partial charge in [-0.25, -0.2) is 0 Å². The number of hydrogen-bond donors (Lipinski definition) is 0. The van der Waals surface area contributed by atoms with Crippen LogP contribution in [0.5, 0.6) is 0 Å². The van der Waals surface area contributed by atoms with E-state index in [-0.39, 0.29) is 72.0 Å². The van der Waals surface area contributed by atoms with E-state index in [0.29, 0.717) is 0 Å². The summed E-state index contributed by atoms with van der Waals surface area (Å²) in [5.74, 6) is -3.16. The number of carboxylic acid groups (broad SMARTS) is 2. The monoisotopic (exact) mass is 190 g/mol. The Kier molecular flexibility index (Phi) is 15.6. The first kappa shape index (κ1) is 18.7. The van der Waals surface area contributed by atoms with Gasteiger partial charge in [0, 0.05) is 11.9 Å². The van der Waals surface area contributed by atoms with Crippen LogP contribution in [0.15, 0.2) is 0 Å². The first-order valence-electron chi connectivity index (χ1n) is 2.94. The predicted molar refractivity (Wildman–Crippen MR) is 28.4 cm³/mol. The van der Waals surface area contributed by atoms with E-state index in [4.69, 9.17) is 0 Å². The van der Waals surface area contributed by atoms with Crippen LogP contribution in [0.4, 0.5) is 0 Å². The molecule has 0 unspecified atom stereocenters. The number of carbonyl (C=O) groups is 2. The molecule has 0 bridgehead atoms. The van der Waals surface area contributed by atoms with Gasteiger partial charge in [0.1, 0.15) is 0 Å². The normalized spacial score (nSPS) is 10.4. The third-order valence-electron chi connectivity index (χ3n) is 1.18. The Morgan fingerprint density at radius 2 is 1.67 bits per heavy atom. The van der Waals surface area contributed by atoms with Crippen molar-refractivity contribution in [1.82, 2.24) is 0 Å². The zero-order valence-electron chi connectivity index (χ0n) is 7.62. The molecule has 4 nitrogen and oxygen atoms in total. The van der Waals surface area contributed by atoms with Crippen molar-refractivity contribution in [3.05, 3.63) is 0 Å². The van der Waals surface area contributed by atoms with Crippen LogP contribution in [0.25, 0.3) is 0 Å². The fourth-order valence-corrected chi connectivity index (χ4v) is 0.452. The zero-order valence-corrected chi connectivity index (χ0v) is 11.6. The van der Waals surface area contributed by atoms with E-state index in [1.54, 1.807) is 0 Å². The van der Waals surface area contributed by atoms with E-state index in [1.807, 2.05) is 0 Å².